The van der Waals surface area contributed by atoms with Crippen molar-refractivity contribution in [3.63, 3.8) is 0 Å². The molecule has 0 heterocycles. The normalized spacial score (nSPS) is 10.4. The van der Waals surface area contributed by atoms with E-state index in [0.717, 1.165) is 0 Å². The van der Waals surface area contributed by atoms with Crippen LogP contribution in [0.1, 0.15) is 27.7 Å². The van der Waals surface area contributed by atoms with Crippen LogP contribution < -0.4 is 0 Å². The highest BCUT2D eigenvalue weighted by atomic mass is 16.6. The van der Waals surface area contributed by atoms with Crippen molar-refractivity contribution in [1.82, 2.24) is 0 Å². The molecule has 4 nitrogen and oxygen atoms in total. The maximum absolute atomic E-state index is 11.3. The van der Waals surface area contributed by atoms with E-state index >= 15 is 0 Å². The molecule has 0 saturated heterocycles. The van der Waals surface area contributed by atoms with Gasteiger partial charge in [-0.05, 0) is 34.3 Å². The molecule has 0 aliphatic heterocycles. The minimum Gasteiger partial charge on any atom is -0.454 e. The first kappa shape index (κ1) is 13.4. The molecule has 0 aliphatic rings. The lowest BCUT2D eigenvalue weighted by molar-refractivity contribution is -0.157. The van der Waals surface area contributed by atoms with Gasteiger partial charge in [-0.25, -0.2) is 9.59 Å². The van der Waals surface area contributed by atoms with Crippen molar-refractivity contribution in [2.24, 2.45) is 0 Å². The minimum absolute atomic E-state index is 0.194. The molecule has 0 aromatic carbocycles. The maximum Gasteiger partial charge on any atom is 0.374 e. The molecular weight excluding hydrogens is 196 g/mol. The van der Waals surface area contributed by atoms with Gasteiger partial charge in [-0.3, -0.25) is 0 Å². The summed E-state index contributed by atoms with van der Waals surface area (Å²) in [5.74, 6) is -1.78. The summed E-state index contributed by atoms with van der Waals surface area (Å²) in [5.41, 5.74) is -0.449. The van der Waals surface area contributed by atoms with Gasteiger partial charge in [0.2, 0.25) is 5.76 Å². The van der Waals surface area contributed by atoms with Crippen molar-refractivity contribution in [2.75, 3.05) is 0 Å². The van der Waals surface area contributed by atoms with Gasteiger partial charge in [-0.1, -0.05) is 6.58 Å². The second-order valence-electron chi connectivity index (χ2n) is 4.09. The molecule has 0 aliphatic carbocycles. The molecule has 0 atom stereocenters. The summed E-state index contributed by atoms with van der Waals surface area (Å²) >= 11 is 0. The molecule has 0 unspecified atom stereocenters. The van der Waals surface area contributed by atoms with Crippen LogP contribution in [0.2, 0.25) is 0 Å². The van der Waals surface area contributed by atoms with Crippen molar-refractivity contribution in [1.29, 1.82) is 0 Å². The molecule has 0 bridgehead atoms. The third kappa shape index (κ3) is 5.67. The predicted molar refractivity (Wildman–Crippen MR) is 55.9 cm³/mol. The fourth-order valence-corrected chi connectivity index (χ4v) is 0.576. The molecule has 0 radical (unpaired) electrons. The Morgan fingerprint density at radius 1 is 1.07 bits per heavy atom. The smallest absolute Gasteiger partial charge is 0.374 e. The molecular formula is C11H16O4. The van der Waals surface area contributed by atoms with Gasteiger partial charge in [0.15, 0.2) is 0 Å². The van der Waals surface area contributed by atoms with Crippen LogP contribution in [0.3, 0.4) is 0 Å². The standard InChI is InChI=1S/C11H16O4/c1-7(2)9(12)14-8(3)10(13)15-11(4,5)6/h1,3H2,2,4-6H3. The Hall–Kier alpha value is -1.58. The Morgan fingerprint density at radius 3 is 1.87 bits per heavy atom. The van der Waals surface area contributed by atoms with Crippen LogP contribution in [0.4, 0.5) is 0 Å². The summed E-state index contributed by atoms with van der Waals surface area (Å²) in [6.07, 6.45) is 0. The predicted octanol–water partition coefficient (Wildman–Crippen LogP) is 1.96. The number of carbonyl (C=O) groups is 2. The Balaban J connectivity index is 4.30. The van der Waals surface area contributed by atoms with Gasteiger partial charge in [0, 0.05) is 5.57 Å². The van der Waals surface area contributed by atoms with Crippen LogP contribution in [0, 0.1) is 0 Å². The van der Waals surface area contributed by atoms with Crippen LogP contribution in [-0.4, -0.2) is 17.5 Å². The molecule has 0 N–H and O–H groups in total. The largest absolute Gasteiger partial charge is 0.454 e. The lowest BCUT2D eigenvalue weighted by Gasteiger charge is -2.19. The van der Waals surface area contributed by atoms with Crippen LogP contribution >= 0.6 is 0 Å². The van der Waals surface area contributed by atoms with E-state index in [4.69, 9.17) is 4.74 Å². The van der Waals surface area contributed by atoms with Gasteiger partial charge in [-0.2, -0.15) is 0 Å². The molecule has 4 heteroatoms. The van der Waals surface area contributed by atoms with Crippen molar-refractivity contribution in [2.45, 2.75) is 33.3 Å². The zero-order chi connectivity index (χ0) is 12.2. The van der Waals surface area contributed by atoms with Gasteiger partial charge in [0.05, 0.1) is 0 Å². The van der Waals surface area contributed by atoms with Gasteiger partial charge in [-0.15, -0.1) is 0 Å². The Kier molecular flexibility index (Phi) is 4.27. The van der Waals surface area contributed by atoms with Crippen molar-refractivity contribution in [3.8, 4) is 0 Å². The SMILES string of the molecule is C=C(C)C(=O)OC(=C)C(=O)OC(C)(C)C. The van der Waals surface area contributed by atoms with Crippen molar-refractivity contribution >= 4 is 11.9 Å². The highest BCUT2D eigenvalue weighted by Crippen LogP contribution is 2.11. The van der Waals surface area contributed by atoms with E-state index in [0.29, 0.717) is 0 Å². The summed E-state index contributed by atoms with van der Waals surface area (Å²) < 4.78 is 9.55. The van der Waals surface area contributed by atoms with E-state index in [1.807, 2.05) is 0 Å². The zero-order valence-electron chi connectivity index (χ0n) is 9.55. The first-order valence-electron chi connectivity index (χ1n) is 4.43. The molecule has 0 aromatic heterocycles. The Labute approximate surface area is 89.6 Å². The monoisotopic (exact) mass is 212 g/mol. The number of carbonyl (C=O) groups excluding carboxylic acids is 2. The van der Waals surface area contributed by atoms with Crippen LogP contribution in [0.5, 0.6) is 0 Å². The summed E-state index contributed by atoms with van der Waals surface area (Å²) in [6, 6.07) is 0. The molecule has 15 heavy (non-hydrogen) atoms. The highest BCUT2D eigenvalue weighted by Gasteiger charge is 2.21. The first-order valence-corrected chi connectivity index (χ1v) is 4.43. The topological polar surface area (TPSA) is 52.6 Å². The molecule has 0 rings (SSSR count). The van der Waals surface area contributed by atoms with E-state index < -0.39 is 17.5 Å². The van der Waals surface area contributed by atoms with E-state index in [2.05, 4.69) is 17.9 Å². The summed E-state index contributed by atoms with van der Waals surface area (Å²) in [7, 11) is 0. The fourth-order valence-electron chi connectivity index (χ4n) is 0.576. The summed E-state index contributed by atoms with van der Waals surface area (Å²) in [6.45, 7) is 13.3. The number of esters is 2. The summed E-state index contributed by atoms with van der Waals surface area (Å²) in [5, 5.41) is 0. The van der Waals surface area contributed by atoms with Gasteiger partial charge < -0.3 is 9.47 Å². The lowest BCUT2D eigenvalue weighted by Crippen LogP contribution is -2.26. The lowest BCUT2D eigenvalue weighted by atomic mass is 10.2. The first-order chi connectivity index (χ1) is 6.63. The van der Waals surface area contributed by atoms with E-state index in [1.54, 1.807) is 20.8 Å². The number of hydrogen-bond acceptors (Lipinski definition) is 4. The van der Waals surface area contributed by atoms with Crippen LogP contribution in [-0.2, 0) is 19.1 Å². The van der Waals surface area contributed by atoms with Crippen LogP contribution in [0.15, 0.2) is 24.5 Å². The highest BCUT2D eigenvalue weighted by molar-refractivity contribution is 5.94. The molecule has 0 fully saturated rings. The summed E-state index contributed by atoms with van der Waals surface area (Å²) in [4.78, 5) is 22.3. The average molecular weight is 212 g/mol. The Morgan fingerprint density at radius 2 is 1.53 bits per heavy atom. The van der Waals surface area contributed by atoms with E-state index in [9.17, 15) is 9.59 Å². The maximum atomic E-state index is 11.3. The molecule has 0 amide bonds. The van der Waals surface area contributed by atoms with E-state index in [-0.39, 0.29) is 11.3 Å². The van der Waals surface area contributed by atoms with Crippen LogP contribution in [0.25, 0.3) is 0 Å². The van der Waals surface area contributed by atoms with Gasteiger partial charge in [0.1, 0.15) is 5.60 Å². The zero-order valence-corrected chi connectivity index (χ0v) is 9.55. The molecule has 0 spiro atoms. The number of rotatable bonds is 3. The second kappa shape index (κ2) is 4.77. The third-order valence-electron chi connectivity index (χ3n) is 1.19. The number of ether oxygens (including phenoxy) is 2. The average Bonchev–Trinajstić information content (AvgIpc) is 2.00. The van der Waals surface area contributed by atoms with Crippen molar-refractivity contribution in [3.05, 3.63) is 24.5 Å². The second-order valence-corrected chi connectivity index (χ2v) is 4.09. The molecule has 0 aromatic rings. The quantitative estimate of drug-likeness (QED) is 0.407. The fraction of sp³-hybridized carbons (Fsp3) is 0.455. The van der Waals surface area contributed by atoms with Gasteiger partial charge in [0.25, 0.3) is 0 Å². The minimum atomic E-state index is -0.753. The van der Waals surface area contributed by atoms with E-state index in [1.165, 1.54) is 6.92 Å². The molecule has 0 saturated carbocycles. The Bertz CT molecular complexity index is 307. The molecule has 84 valence electrons. The van der Waals surface area contributed by atoms with Crippen molar-refractivity contribution < 1.29 is 19.1 Å². The third-order valence-corrected chi connectivity index (χ3v) is 1.19. The van der Waals surface area contributed by atoms with Gasteiger partial charge >= 0.3 is 11.9 Å². The number of hydrogen-bond donors (Lipinski definition) is 0.